The van der Waals surface area contributed by atoms with E-state index in [1.807, 2.05) is 4.90 Å². The van der Waals surface area contributed by atoms with Crippen LogP contribution in [0.25, 0.3) is 11.1 Å². The number of fused-ring (bicyclic) bond motifs is 3. The lowest BCUT2D eigenvalue weighted by atomic mass is 9.88. The normalized spacial score (nSPS) is 22.5. The quantitative estimate of drug-likeness (QED) is 0.850. The summed E-state index contributed by atoms with van der Waals surface area (Å²) in [6.07, 6.45) is 4.93. The number of carbonyl (C=O) groups excluding carboxylic acids is 1. The molecule has 1 unspecified atom stereocenters. The first kappa shape index (κ1) is 17.7. The highest BCUT2D eigenvalue weighted by Crippen LogP contribution is 2.52. The monoisotopic (exact) mass is 377 g/mol. The number of piperidine rings is 1. The topological polar surface area (TPSA) is 49.8 Å². The van der Waals surface area contributed by atoms with Gasteiger partial charge >= 0.3 is 6.09 Å². The van der Waals surface area contributed by atoms with Crippen molar-refractivity contribution in [1.82, 2.24) is 4.90 Å². The van der Waals surface area contributed by atoms with Gasteiger partial charge in [-0.05, 0) is 54.4 Å². The predicted octanol–water partition coefficient (Wildman–Crippen LogP) is 4.56. The molecular weight excluding hydrogens is 350 g/mol. The number of benzene rings is 2. The van der Waals surface area contributed by atoms with Gasteiger partial charge in [-0.15, -0.1) is 0 Å². The summed E-state index contributed by atoms with van der Waals surface area (Å²) in [7, 11) is 0. The van der Waals surface area contributed by atoms with Crippen LogP contribution in [-0.2, 0) is 4.74 Å². The third-order valence-electron chi connectivity index (χ3n) is 6.99. The molecule has 4 nitrogen and oxygen atoms in total. The SMILES string of the molecule is O=C(OCC1c2ccccc2-c2ccccc21)N1CCCCC1C1(CO)CC1. The molecule has 28 heavy (non-hydrogen) atoms. The predicted molar refractivity (Wildman–Crippen MR) is 108 cm³/mol. The van der Waals surface area contributed by atoms with Crippen LogP contribution in [-0.4, -0.2) is 41.9 Å². The van der Waals surface area contributed by atoms with E-state index in [4.69, 9.17) is 4.74 Å². The fourth-order valence-electron chi connectivity index (χ4n) is 5.22. The van der Waals surface area contributed by atoms with Crippen molar-refractivity contribution in [3.63, 3.8) is 0 Å². The molecule has 1 saturated carbocycles. The van der Waals surface area contributed by atoms with Crippen LogP contribution in [0.3, 0.4) is 0 Å². The van der Waals surface area contributed by atoms with E-state index in [9.17, 15) is 9.90 Å². The molecule has 2 aromatic rings. The zero-order valence-corrected chi connectivity index (χ0v) is 16.1. The molecule has 1 saturated heterocycles. The summed E-state index contributed by atoms with van der Waals surface area (Å²) in [5.74, 6) is 0.0901. The number of hydrogen-bond donors (Lipinski definition) is 1. The Bertz CT molecular complexity index is 843. The minimum atomic E-state index is -0.216. The van der Waals surface area contributed by atoms with E-state index in [-0.39, 0.29) is 30.1 Å². The van der Waals surface area contributed by atoms with Crippen LogP contribution in [0.4, 0.5) is 4.79 Å². The Hall–Kier alpha value is -2.33. The molecule has 1 N–H and O–H groups in total. The molecule has 2 fully saturated rings. The zero-order chi connectivity index (χ0) is 19.1. The first-order valence-electron chi connectivity index (χ1n) is 10.5. The Labute approximate surface area is 166 Å². The average molecular weight is 377 g/mol. The number of carbonyl (C=O) groups is 1. The van der Waals surface area contributed by atoms with Crippen molar-refractivity contribution in [2.45, 2.75) is 44.1 Å². The molecule has 4 heteroatoms. The lowest BCUT2D eigenvalue weighted by molar-refractivity contribution is 0.0333. The van der Waals surface area contributed by atoms with E-state index in [0.717, 1.165) is 38.6 Å². The van der Waals surface area contributed by atoms with E-state index in [0.29, 0.717) is 6.61 Å². The summed E-state index contributed by atoms with van der Waals surface area (Å²) in [6, 6.07) is 16.9. The van der Waals surface area contributed by atoms with Crippen LogP contribution < -0.4 is 0 Å². The number of nitrogens with zero attached hydrogens (tertiary/aromatic N) is 1. The molecule has 0 radical (unpaired) electrons. The van der Waals surface area contributed by atoms with Gasteiger partial charge in [0.2, 0.25) is 0 Å². The second-order valence-electron chi connectivity index (χ2n) is 8.53. The fraction of sp³-hybridized carbons (Fsp3) is 0.458. The summed E-state index contributed by atoms with van der Waals surface area (Å²) >= 11 is 0. The summed E-state index contributed by atoms with van der Waals surface area (Å²) in [4.78, 5) is 14.9. The van der Waals surface area contributed by atoms with Crippen LogP contribution in [0.15, 0.2) is 48.5 Å². The van der Waals surface area contributed by atoms with E-state index in [2.05, 4.69) is 48.5 Å². The van der Waals surface area contributed by atoms with Gasteiger partial charge in [0.15, 0.2) is 0 Å². The van der Waals surface area contributed by atoms with Gasteiger partial charge in [0.25, 0.3) is 0 Å². The third kappa shape index (κ3) is 2.82. The van der Waals surface area contributed by atoms with Crippen LogP contribution in [0.5, 0.6) is 0 Å². The Morgan fingerprint density at radius 1 is 1.04 bits per heavy atom. The Morgan fingerprint density at radius 3 is 2.29 bits per heavy atom. The molecular formula is C24H27NO3. The molecule has 1 heterocycles. The van der Waals surface area contributed by atoms with Crippen molar-refractivity contribution in [3.05, 3.63) is 59.7 Å². The maximum Gasteiger partial charge on any atom is 0.410 e. The van der Waals surface area contributed by atoms with Crippen LogP contribution >= 0.6 is 0 Å². The largest absolute Gasteiger partial charge is 0.448 e. The first-order valence-corrected chi connectivity index (χ1v) is 10.5. The van der Waals surface area contributed by atoms with Gasteiger partial charge in [-0.1, -0.05) is 48.5 Å². The molecule has 0 spiro atoms. The number of amides is 1. The second-order valence-corrected chi connectivity index (χ2v) is 8.53. The van der Waals surface area contributed by atoms with Crippen molar-refractivity contribution < 1.29 is 14.6 Å². The molecule has 2 aromatic carbocycles. The molecule has 2 aliphatic carbocycles. The van der Waals surface area contributed by atoms with Gasteiger partial charge in [0, 0.05) is 23.9 Å². The molecule has 0 bridgehead atoms. The maximum absolute atomic E-state index is 13.0. The molecule has 5 rings (SSSR count). The van der Waals surface area contributed by atoms with Gasteiger partial charge in [0.1, 0.15) is 6.61 Å². The number of aliphatic hydroxyl groups excluding tert-OH is 1. The standard InChI is InChI=1S/C24H27NO3/c26-16-24(12-13-24)22-11-5-6-14-25(22)23(27)28-15-21-19-9-3-1-7-17(19)18-8-2-4-10-20(18)21/h1-4,7-10,21-22,26H,5-6,11-16H2. The van der Waals surface area contributed by atoms with Crippen molar-refractivity contribution >= 4 is 6.09 Å². The number of hydrogen-bond acceptors (Lipinski definition) is 3. The van der Waals surface area contributed by atoms with Gasteiger partial charge in [-0.3, -0.25) is 0 Å². The Morgan fingerprint density at radius 2 is 1.68 bits per heavy atom. The summed E-state index contributed by atoms with van der Waals surface area (Å²) in [6.45, 7) is 1.27. The van der Waals surface area contributed by atoms with E-state index in [1.54, 1.807) is 0 Å². The highest BCUT2D eigenvalue weighted by molar-refractivity contribution is 5.79. The zero-order valence-electron chi connectivity index (χ0n) is 16.1. The van der Waals surface area contributed by atoms with Crippen molar-refractivity contribution in [3.8, 4) is 11.1 Å². The third-order valence-corrected chi connectivity index (χ3v) is 6.99. The second kappa shape index (κ2) is 6.93. The van der Waals surface area contributed by atoms with Gasteiger partial charge in [-0.2, -0.15) is 0 Å². The minimum Gasteiger partial charge on any atom is -0.448 e. The lowest BCUT2D eigenvalue weighted by Gasteiger charge is -2.39. The maximum atomic E-state index is 13.0. The van der Waals surface area contributed by atoms with Crippen LogP contribution in [0, 0.1) is 5.41 Å². The highest BCUT2D eigenvalue weighted by Gasteiger charge is 2.52. The van der Waals surface area contributed by atoms with Crippen LogP contribution in [0.2, 0.25) is 0 Å². The van der Waals surface area contributed by atoms with Crippen molar-refractivity contribution in [2.24, 2.45) is 5.41 Å². The van der Waals surface area contributed by atoms with E-state index in [1.165, 1.54) is 22.3 Å². The summed E-state index contributed by atoms with van der Waals surface area (Å²) in [5.41, 5.74) is 4.88. The van der Waals surface area contributed by atoms with Crippen LogP contribution in [0.1, 0.15) is 49.1 Å². The van der Waals surface area contributed by atoms with Crippen molar-refractivity contribution in [2.75, 3.05) is 19.8 Å². The van der Waals surface area contributed by atoms with Crippen molar-refractivity contribution in [1.29, 1.82) is 0 Å². The first-order chi connectivity index (χ1) is 13.7. The van der Waals surface area contributed by atoms with E-state index >= 15 is 0 Å². The Balaban J connectivity index is 1.34. The molecule has 0 aromatic heterocycles. The van der Waals surface area contributed by atoms with E-state index < -0.39 is 0 Å². The lowest BCUT2D eigenvalue weighted by Crippen LogP contribution is -2.49. The number of rotatable bonds is 4. The van der Waals surface area contributed by atoms with Gasteiger partial charge < -0.3 is 14.7 Å². The average Bonchev–Trinajstić information content (AvgIpc) is 3.49. The molecule has 3 aliphatic rings. The van der Waals surface area contributed by atoms with Gasteiger partial charge in [0.05, 0.1) is 6.61 Å². The Kier molecular flexibility index (Phi) is 4.39. The fourth-order valence-corrected chi connectivity index (χ4v) is 5.22. The highest BCUT2D eigenvalue weighted by atomic mass is 16.6. The summed E-state index contributed by atoms with van der Waals surface area (Å²) in [5, 5.41) is 9.85. The summed E-state index contributed by atoms with van der Waals surface area (Å²) < 4.78 is 5.88. The minimum absolute atomic E-state index is 0.0774. The molecule has 1 aliphatic heterocycles. The number of likely N-dealkylation sites (tertiary alicyclic amines) is 1. The smallest absolute Gasteiger partial charge is 0.410 e. The molecule has 1 atom stereocenters. The number of ether oxygens (including phenoxy) is 1. The molecule has 1 amide bonds. The molecule has 146 valence electrons. The number of aliphatic hydroxyl groups is 1. The van der Waals surface area contributed by atoms with Gasteiger partial charge in [-0.25, -0.2) is 4.79 Å².